The maximum atomic E-state index is 13.7. The van der Waals surface area contributed by atoms with Crippen molar-refractivity contribution in [1.29, 1.82) is 0 Å². The summed E-state index contributed by atoms with van der Waals surface area (Å²) in [5.74, 6) is -1.10. The molecule has 2 rings (SSSR count). The third kappa shape index (κ3) is 3.21. The van der Waals surface area contributed by atoms with Crippen LogP contribution in [0.4, 0.5) is 4.39 Å². The second-order valence-corrected chi connectivity index (χ2v) is 4.30. The lowest BCUT2D eigenvalue weighted by molar-refractivity contribution is -0.136. The molecular weight excluding hydrogens is 285 g/mol. The van der Waals surface area contributed by atoms with E-state index in [1.807, 2.05) is 0 Å². The zero-order valence-corrected chi connectivity index (χ0v) is 11.3. The predicted octanol–water partition coefficient (Wildman–Crippen LogP) is 2.33. The molecule has 1 aromatic heterocycles. The van der Waals surface area contributed by atoms with Gasteiger partial charge in [-0.3, -0.25) is 0 Å². The fourth-order valence-electron chi connectivity index (χ4n) is 1.61. The van der Waals surface area contributed by atoms with Crippen LogP contribution in [0.3, 0.4) is 0 Å². The molecule has 0 N–H and O–H groups in total. The van der Waals surface area contributed by atoms with E-state index in [9.17, 15) is 9.18 Å². The molecule has 0 aliphatic rings. The highest BCUT2D eigenvalue weighted by molar-refractivity contribution is 6.32. The maximum absolute atomic E-state index is 13.7. The molecule has 0 radical (unpaired) electrons. The Hall–Kier alpha value is -2.21. The van der Waals surface area contributed by atoms with Gasteiger partial charge in [0.25, 0.3) is 0 Å². The Morgan fingerprint density at radius 1 is 1.55 bits per heavy atom. The van der Waals surface area contributed by atoms with E-state index in [0.29, 0.717) is 0 Å². The number of ether oxygens (including phenoxy) is 1. The van der Waals surface area contributed by atoms with Crippen molar-refractivity contribution in [2.24, 2.45) is 0 Å². The van der Waals surface area contributed by atoms with Crippen molar-refractivity contribution in [2.45, 2.75) is 6.54 Å². The molecular formula is C13H11ClFN3O2. The molecule has 0 saturated carbocycles. The van der Waals surface area contributed by atoms with E-state index in [0.717, 1.165) is 0 Å². The Morgan fingerprint density at radius 3 is 2.95 bits per heavy atom. The Kier molecular flexibility index (Phi) is 4.47. The lowest BCUT2D eigenvalue weighted by Crippen LogP contribution is -2.12. The number of carbonyl (C=O) groups is 1. The molecule has 0 amide bonds. The van der Waals surface area contributed by atoms with Gasteiger partial charge in [0.05, 0.1) is 24.3 Å². The van der Waals surface area contributed by atoms with Crippen molar-refractivity contribution in [3.8, 4) is 0 Å². The predicted molar refractivity (Wildman–Crippen MR) is 71.4 cm³/mol. The van der Waals surface area contributed by atoms with Crippen LogP contribution in [0, 0.1) is 5.82 Å². The van der Waals surface area contributed by atoms with Gasteiger partial charge in [-0.05, 0) is 18.2 Å². The molecule has 2 aromatic rings. The molecule has 20 heavy (non-hydrogen) atoms. The van der Waals surface area contributed by atoms with Crippen LogP contribution in [-0.4, -0.2) is 27.8 Å². The molecule has 0 saturated heterocycles. The number of rotatable bonds is 4. The number of halogens is 2. The van der Waals surface area contributed by atoms with Gasteiger partial charge in [0.15, 0.2) is 0 Å². The van der Waals surface area contributed by atoms with Crippen LogP contribution in [0.15, 0.2) is 36.4 Å². The van der Waals surface area contributed by atoms with Crippen molar-refractivity contribution in [1.82, 2.24) is 14.8 Å². The summed E-state index contributed by atoms with van der Waals surface area (Å²) in [6.45, 7) is 0.108. The number of aromatic nitrogens is 3. The highest BCUT2D eigenvalue weighted by atomic mass is 35.5. The molecule has 5 nitrogen and oxygen atoms in total. The van der Waals surface area contributed by atoms with Gasteiger partial charge in [-0.25, -0.2) is 18.9 Å². The monoisotopic (exact) mass is 295 g/mol. The van der Waals surface area contributed by atoms with Gasteiger partial charge in [0, 0.05) is 5.56 Å². The average molecular weight is 296 g/mol. The second-order valence-electron chi connectivity index (χ2n) is 3.89. The minimum absolute atomic E-state index is 0.108. The summed E-state index contributed by atoms with van der Waals surface area (Å²) in [6, 6.07) is 4.30. The van der Waals surface area contributed by atoms with Crippen LogP contribution in [0.2, 0.25) is 5.02 Å². The SMILES string of the molecule is COC(=O)/C(=C/c1c(F)cccc1Cl)Cn1cncn1. The number of carbonyl (C=O) groups excluding carboxylic acids is 1. The number of benzene rings is 1. The van der Waals surface area contributed by atoms with E-state index in [4.69, 9.17) is 11.6 Å². The normalized spacial score (nSPS) is 11.4. The molecule has 0 bridgehead atoms. The first kappa shape index (κ1) is 14.2. The quantitative estimate of drug-likeness (QED) is 0.642. The van der Waals surface area contributed by atoms with Crippen LogP contribution < -0.4 is 0 Å². The third-order valence-electron chi connectivity index (χ3n) is 2.56. The van der Waals surface area contributed by atoms with E-state index < -0.39 is 11.8 Å². The van der Waals surface area contributed by atoms with Crippen molar-refractivity contribution in [3.05, 3.63) is 52.8 Å². The summed E-state index contributed by atoms with van der Waals surface area (Å²) in [7, 11) is 1.25. The molecule has 104 valence electrons. The first-order valence-electron chi connectivity index (χ1n) is 5.67. The molecule has 0 atom stereocenters. The zero-order valence-electron chi connectivity index (χ0n) is 10.6. The molecule has 0 aliphatic carbocycles. The van der Waals surface area contributed by atoms with Crippen LogP contribution in [-0.2, 0) is 16.1 Å². The topological polar surface area (TPSA) is 57.0 Å². The van der Waals surface area contributed by atoms with Gasteiger partial charge in [0.2, 0.25) is 0 Å². The average Bonchev–Trinajstić information content (AvgIpc) is 2.94. The molecule has 7 heteroatoms. The van der Waals surface area contributed by atoms with Gasteiger partial charge in [-0.15, -0.1) is 0 Å². The van der Waals surface area contributed by atoms with Gasteiger partial charge in [-0.2, -0.15) is 5.10 Å². The molecule has 0 aliphatic heterocycles. The number of hydrogen-bond acceptors (Lipinski definition) is 4. The fourth-order valence-corrected chi connectivity index (χ4v) is 1.83. The smallest absolute Gasteiger partial charge is 0.335 e. The van der Waals surface area contributed by atoms with E-state index in [1.54, 1.807) is 6.07 Å². The number of esters is 1. The lowest BCUT2D eigenvalue weighted by Gasteiger charge is -2.07. The van der Waals surface area contributed by atoms with Crippen molar-refractivity contribution in [2.75, 3.05) is 7.11 Å². The minimum atomic E-state index is -0.584. The summed E-state index contributed by atoms with van der Waals surface area (Å²) in [6.07, 6.45) is 4.13. The number of nitrogens with zero attached hydrogens (tertiary/aromatic N) is 3. The summed E-state index contributed by atoms with van der Waals surface area (Å²) in [5, 5.41) is 4.10. The highest BCUT2D eigenvalue weighted by Gasteiger charge is 2.14. The first-order chi connectivity index (χ1) is 9.61. The van der Waals surface area contributed by atoms with Gasteiger partial charge in [0.1, 0.15) is 18.5 Å². The van der Waals surface area contributed by atoms with Crippen LogP contribution in [0.1, 0.15) is 5.56 Å². The van der Waals surface area contributed by atoms with Crippen LogP contribution in [0.25, 0.3) is 6.08 Å². The van der Waals surface area contributed by atoms with E-state index in [2.05, 4.69) is 14.8 Å². The highest BCUT2D eigenvalue weighted by Crippen LogP contribution is 2.22. The molecule has 0 spiro atoms. The molecule has 1 heterocycles. The summed E-state index contributed by atoms with van der Waals surface area (Å²) < 4.78 is 19.8. The second kappa shape index (κ2) is 6.29. The number of hydrogen-bond donors (Lipinski definition) is 0. The van der Waals surface area contributed by atoms with Crippen LogP contribution >= 0.6 is 11.6 Å². The van der Waals surface area contributed by atoms with E-state index in [-0.39, 0.29) is 22.7 Å². The Bertz CT molecular complexity index is 621. The first-order valence-corrected chi connectivity index (χ1v) is 6.05. The van der Waals surface area contributed by atoms with Gasteiger partial charge >= 0.3 is 5.97 Å². The molecule has 1 aromatic carbocycles. The number of methoxy groups -OCH3 is 1. The summed E-state index contributed by atoms with van der Waals surface area (Å²) >= 11 is 5.93. The maximum Gasteiger partial charge on any atom is 0.335 e. The zero-order chi connectivity index (χ0) is 14.5. The Morgan fingerprint density at radius 2 is 2.35 bits per heavy atom. The van der Waals surface area contributed by atoms with E-state index >= 15 is 0 Å². The third-order valence-corrected chi connectivity index (χ3v) is 2.89. The molecule has 0 unspecified atom stereocenters. The van der Waals surface area contributed by atoms with Gasteiger partial charge < -0.3 is 4.74 Å². The summed E-state index contributed by atoms with van der Waals surface area (Å²) in [4.78, 5) is 15.5. The fraction of sp³-hybridized carbons (Fsp3) is 0.154. The summed E-state index contributed by atoms with van der Waals surface area (Å²) in [5.41, 5.74) is 0.347. The largest absolute Gasteiger partial charge is 0.466 e. The van der Waals surface area contributed by atoms with E-state index in [1.165, 1.54) is 42.7 Å². The molecule has 0 fully saturated rings. The standard InChI is InChI=1S/C13H11ClFN3O2/c1-20-13(19)9(6-18-8-16-7-17-18)5-10-11(14)3-2-4-12(10)15/h2-5,7-8H,6H2,1H3/b9-5+. The van der Waals surface area contributed by atoms with Crippen molar-refractivity contribution < 1.29 is 13.9 Å². The Balaban J connectivity index is 2.40. The van der Waals surface area contributed by atoms with Crippen LogP contribution in [0.5, 0.6) is 0 Å². The van der Waals surface area contributed by atoms with Crippen molar-refractivity contribution in [3.63, 3.8) is 0 Å². The minimum Gasteiger partial charge on any atom is -0.466 e. The Labute approximate surface area is 119 Å². The van der Waals surface area contributed by atoms with Crippen molar-refractivity contribution >= 4 is 23.6 Å². The van der Waals surface area contributed by atoms with Gasteiger partial charge in [-0.1, -0.05) is 17.7 Å². The lowest BCUT2D eigenvalue weighted by atomic mass is 10.1.